The van der Waals surface area contributed by atoms with Crippen molar-refractivity contribution in [1.82, 2.24) is 19.3 Å². The number of nitrogens with two attached hydrogens (primary N) is 1. The molecule has 11 heteroatoms. The largest absolute Gasteiger partial charge is 0.388 e. The molecule has 0 aliphatic carbocycles. The third-order valence-corrected chi connectivity index (χ3v) is 7.31. The highest BCUT2D eigenvalue weighted by molar-refractivity contribution is 7.89. The maximum atomic E-state index is 12.9. The number of aromatic nitrogens is 3. The standard InChI is InChI=1S/C23H23N5O5S/c24-23-18-10-9-17(28(18)26-13-25-23)22-21(30)20(29)19(33-22)12-27-34(31,32)16-8-4-7-15(11-16)14-5-2-1-3-6-14/h1-11,13,19-22,27,29-30H,12H2,(H2,24,25,26)/t19-,20-,21-,22+/m1/s1. The Morgan fingerprint density at radius 2 is 1.76 bits per heavy atom. The molecule has 0 radical (unpaired) electrons. The molecule has 10 nitrogen and oxygen atoms in total. The number of nitrogens with one attached hydrogen (secondary N) is 1. The fraction of sp³-hybridized carbons (Fsp3) is 0.217. The van der Waals surface area contributed by atoms with E-state index in [1.165, 1.54) is 16.9 Å². The number of aliphatic hydroxyl groups is 2. The molecule has 4 atom stereocenters. The Morgan fingerprint density at radius 1 is 1.00 bits per heavy atom. The van der Waals surface area contributed by atoms with Crippen LogP contribution in [-0.2, 0) is 14.8 Å². The summed E-state index contributed by atoms with van der Waals surface area (Å²) in [4.78, 5) is 4.01. The van der Waals surface area contributed by atoms with Crippen LogP contribution in [0, 0.1) is 0 Å². The van der Waals surface area contributed by atoms with Crippen molar-refractivity contribution >= 4 is 21.4 Å². The highest BCUT2D eigenvalue weighted by Crippen LogP contribution is 2.34. The van der Waals surface area contributed by atoms with Crippen molar-refractivity contribution in [2.45, 2.75) is 29.3 Å². The van der Waals surface area contributed by atoms with Gasteiger partial charge in [0.1, 0.15) is 36.3 Å². The highest BCUT2D eigenvalue weighted by Gasteiger charge is 2.45. The number of ether oxygens (including phenoxy) is 1. The topological polar surface area (TPSA) is 152 Å². The predicted octanol–water partition coefficient (Wildman–Crippen LogP) is 1.12. The van der Waals surface area contributed by atoms with Crippen LogP contribution in [-0.4, -0.2) is 58.1 Å². The van der Waals surface area contributed by atoms with Crippen LogP contribution >= 0.6 is 0 Å². The van der Waals surface area contributed by atoms with Gasteiger partial charge in [-0.15, -0.1) is 0 Å². The molecular weight excluding hydrogens is 458 g/mol. The fourth-order valence-electron chi connectivity index (χ4n) is 4.10. The molecule has 0 amide bonds. The molecule has 5 rings (SSSR count). The summed E-state index contributed by atoms with van der Waals surface area (Å²) in [6.07, 6.45) is -3.23. The number of nitrogens with zero attached hydrogens (tertiary/aromatic N) is 3. The molecule has 2 aromatic heterocycles. The summed E-state index contributed by atoms with van der Waals surface area (Å²) in [5, 5.41) is 25.3. The Kier molecular flexibility index (Phi) is 5.80. The number of hydrogen-bond acceptors (Lipinski definition) is 8. The van der Waals surface area contributed by atoms with Crippen molar-refractivity contribution in [2.24, 2.45) is 0 Å². The van der Waals surface area contributed by atoms with E-state index >= 15 is 0 Å². The zero-order valence-corrected chi connectivity index (χ0v) is 18.7. The molecule has 0 saturated carbocycles. The lowest BCUT2D eigenvalue weighted by Crippen LogP contribution is -2.39. The molecule has 5 N–H and O–H groups in total. The maximum absolute atomic E-state index is 12.9. The molecule has 0 unspecified atom stereocenters. The van der Waals surface area contributed by atoms with Crippen LogP contribution in [0.25, 0.3) is 16.6 Å². The second-order valence-electron chi connectivity index (χ2n) is 8.02. The molecule has 1 fully saturated rings. The average molecular weight is 482 g/mol. The van der Waals surface area contributed by atoms with Crippen LogP contribution in [0.4, 0.5) is 5.82 Å². The van der Waals surface area contributed by atoms with Gasteiger partial charge in [-0.05, 0) is 35.4 Å². The van der Waals surface area contributed by atoms with Crippen molar-refractivity contribution in [2.75, 3.05) is 12.3 Å². The van der Waals surface area contributed by atoms with Crippen molar-refractivity contribution in [3.05, 3.63) is 78.8 Å². The van der Waals surface area contributed by atoms with Crippen LogP contribution in [0.5, 0.6) is 0 Å². The number of rotatable bonds is 6. The predicted molar refractivity (Wildman–Crippen MR) is 124 cm³/mol. The summed E-state index contributed by atoms with van der Waals surface area (Å²) in [5.41, 5.74) is 8.51. The van der Waals surface area contributed by atoms with Gasteiger partial charge >= 0.3 is 0 Å². The van der Waals surface area contributed by atoms with Crippen molar-refractivity contribution in [3.8, 4) is 11.1 Å². The van der Waals surface area contributed by atoms with E-state index in [0.717, 1.165) is 11.1 Å². The number of hydrogen-bond donors (Lipinski definition) is 4. The van der Waals surface area contributed by atoms with Gasteiger partial charge in [-0.3, -0.25) is 0 Å². The molecule has 0 bridgehead atoms. The lowest BCUT2D eigenvalue weighted by molar-refractivity contribution is 0.00680. The monoisotopic (exact) mass is 481 g/mol. The molecule has 3 heterocycles. The SMILES string of the molecule is Nc1ncnn2c([C@@H]3O[C@H](CNS(=O)(=O)c4cccc(-c5ccccc5)c4)[C@@H](O)[C@H]3O)ccc12. The molecular formula is C23H23N5O5S. The quantitative estimate of drug-likeness (QED) is 0.320. The smallest absolute Gasteiger partial charge is 0.240 e. The van der Waals surface area contributed by atoms with Gasteiger partial charge < -0.3 is 20.7 Å². The summed E-state index contributed by atoms with van der Waals surface area (Å²) in [6.45, 7) is -0.229. The van der Waals surface area contributed by atoms with E-state index in [1.807, 2.05) is 36.4 Å². The summed E-state index contributed by atoms with van der Waals surface area (Å²) in [7, 11) is -3.90. The molecule has 1 aliphatic rings. The number of fused-ring (bicyclic) bond motifs is 1. The minimum absolute atomic E-state index is 0.0863. The lowest BCUT2D eigenvalue weighted by Gasteiger charge is -2.16. The van der Waals surface area contributed by atoms with Crippen molar-refractivity contribution in [1.29, 1.82) is 0 Å². The fourth-order valence-corrected chi connectivity index (χ4v) is 5.19. The first kappa shape index (κ1) is 22.4. The Balaban J connectivity index is 1.33. The molecule has 34 heavy (non-hydrogen) atoms. The first-order valence-corrected chi connectivity index (χ1v) is 12.1. The van der Waals surface area contributed by atoms with E-state index in [2.05, 4.69) is 14.8 Å². The van der Waals surface area contributed by atoms with Gasteiger partial charge in [0.2, 0.25) is 10.0 Å². The van der Waals surface area contributed by atoms with Gasteiger partial charge in [0, 0.05) is 6.54 Å². The molecule has 1 aliphatic heterocycles. The Labute approximate surface area is 195 Å². The second-order valence-corrected chi connectivity index (χ2v) is 9.79. The zero-order chi connectivity index (χ0) is 23.9. The van der Waals surface area contributed by atoms with Gasteiger partial charge in [0.15, 0.2) is 5.82 Å². The first-order valence-electron chi connectivity index (χ1n) is 10.6. The molecule has 4 aromatic rings. The van der Waals surface area contributed by atoms with Crippen molar-refractivity contribution < 1.29 is 23.4 Å². The Bertz CT molecular complexity index is 1430. The summed E-state index contributed by atoms with van der Waals surface area (Å²) in [5.74, 6) is 0.260. The van der Waals surface area contributed by atoms with E-state index < -0.39 is 34.4 Å². The van der Waals surface area contributed by atoms with Crippen molar-refractivity contribution in [3.63, 3.8) is 0 Å². The summed E-state index contributed by atoms with van der Waals surface area (Å²) >= 11 is 0. The summed E-state index contributed by atoms with van der Waals surface area (Å²) in [6, 6.07) is 19.4. The number of sulfonamides is 1. The van der Waals surface area contributed by atoms with E-state index in [4.69, 9.17) is 10.5 Å². The first-order chi connectivity index (χ1) is 16.3. The van der Waals surface area contributed by atoms with Crippen LogP contribution in [0.2, 0.25) is 0 Å². The number of benzene rings is 2. The second kappa shape index (κ2) is 8.78. The Hall–Kier alpha value is -3.35. The minimum Gasteiger partial charge on any atom is -0.388 e. The normalized spacial score (nSPS) is 22.9. The maximum Gasteiger partial charge on any atom is 0.240 e. The third-order valence-electron chi connectivity index (χ3n) is 5.89. The molecule has 1 saturated heterocycles. The minimum atomic E-state index is -3.90. The van der Waals surface area contributed by atoms with Gasteiger partial charge in [-0.1, -0.05) is 42.5 Å². The van der Waals surface area contributed by atoms with Crippen LogP contribution < -0.4 is 10.5 Å². The third kappa shape index (κ3) is 4.04. The van der Waals surface area contributed by atoms with Crippen LogP contribution in [0.15, 0.2) is 78.0 Å². The van der Waals surface area contributed by atoms with Crippen LogP contribution in [0.1, 0.15) is 11.8 Å². The van der Waals surface area contributed by atoms with E-state index in [-0.39, 0.29) is 17.3 Å². The molecule has 0 spiro atoms. The number of nitrogen functional groups attached to an aromatic ring is 1. The lowest BCUT2D eigenvalue weighted by atomic mass is 10.1. The molecule has 2 aromatic carbocycles. The Morgan fingerprint density at radius 3 is 2.56 bits per heavy atom. The average Bonchev–Trinajstić information content (AvgIpc) is 3.40. The number of anilines is 1. The zero-order valence-electron chi connectivity index (χ0n) is 17.9. The van der Waals surface area contributed by atoms with Gasteiger partial charge in [0.05, 0.1) is 10.6 Å². The van der Waals surface area contributed by atoms with E-state index in [9.17, 15) is 18.6 Å². The highest BCUT2D eigenvalue weighted by atomic mass is 32.2. The van der Waals surface area contributed by atoms with E-state index in [1.54, 1.807) is 24.3 Å². The van der Waals surface area contributed by atoms with Gasteiger partial charge in [-0.2, -0.15) is 5.10 Å². The summed E-state index contributed by atoms with van der Waals surface area (Å²) < 4.78 is 35.7. The van der Waals surface area contributed by atoms with Gasteiger partial charge in [0.25, 0.3) is 0 Å². The van der Waals surface area contributed by atoms with E-state index in [0.29, 0.717) is 11.2 Å². The van der Waals surface area contributed by atoms with Crippen LogP contribution in [0.3, 0.4) is 0 Å². The number of aliphatic hydroxyl groups excluding tert-OH is 2. The van der Waals surface area contributed by atoms with Gasteiger partial charge in [-0.25, -0.2) is 22.6 Å². The molecule has 176 valence electrons.